The molecule has 4 heterocycles. The highest BCUT2D eigenvalue weighted by Crippen LogP contribution is 2.23. The fraction of sp³-hybridized carbons (Fsp3) is 0.346. The van der Waals surface area contributed by atoms with Gasteiger partial charge in [-0.15, -0.1) is 0 Å². The zero-order valence-corrected chi connectivity index (χ0v) is 18.5. The molecule has 31 heavy (non-hydrogen) atoms. The highest BCUT2D eigenvalue weighted by Gasteiger charge is 2.19. The van der Waals surface area contributed by atoms with Crippen molar-refractivity contribution in [2.24, 2.45) is 4.99 Å². The standard InChI is InChI=1S/C26H30N4O/c1-16-13-17(2)28-22(16)14-23-25(31-3)15-24(29-23)26-20(11-10-18-7-6-12-27-18)19-8-4-5-9-21(19)30-26/h4-5,8-9,13-15,18,27-29H,6-7,10-12H2,1-3H3/b23-14-,26-24?. The number of nitrogens with one attached hydrogen (secondary N) is 3. The van der Waals surface area contributed by atoms with Gasteiger partial charge in [-0.25, -0.2) is 4.99 Å². The Kier molecular flexibility index (Phi) is 5.28. The average molecular weight is 415 g/mol. The van der Waals surface area contributed by atoms with E-state index in [9.17, 15) is 0 Å². The summed E-state index contributed by atoms with van der Waals surface area (Å²) in [7, 11) is 1.72. The van der Waals surface area contributed by atoms with Crippen LogP contribution in [0.25, 0.3) is 17.3 Å². The Morgan fingerprint density at radius 1 is 1.16 bits per heavy atom. The van der Waals surface area contributed by atoms with Crippen molar-refractivity contribution in [1.29, 1.82) is 0 Å². The van der Waals surface area contributed by atoms with E-state index in [0.29, 0.717) is 6.04 Å². The molecule has 0 saturated carbocycles. The Balaban J connectivity index is 1.63. The molecule has 160 valence electrons. The lowest BCUT2D eigenvalue weighted by molar-refractivity contribution is 0.412. The molecule has 5 nitrogen and oxygen atoms in total. The van der Waals surface area contributed by atoms with E-state index in [4.69, 9.17) is 9.73 Å². The maximum atomic E-state index is 5.71. The van der Waals surface area contributed by atoms with Gasteiger partial charge in [0, 0.05) is 28.7 Å². The summed E-state index contributed by atoms with van der Waals surface area (Å²) >= 11 is 0. The number of benzene rings is 1. The number of nitrogens with zero attached hydrogens (tertiary/aromatic N) is 1. The first-order chi connectivity index (χ1) is 15.1. The van der Waals surface area contributed by atoms with Crippen LogP contribution >= 0.6 is 0 Å². The Hall–Kier alpha value is -3.05. The van der Waals surface area contributed by atoms with E-state index in [2.05, 4.69) is 71.6 Å². The number of ether oxygens (including phenoxy) is 1. The number of aryl methyl sites for hydroxylation is 2. The number of hydrogen-bond donors (Lipinski definition) is 3. The molecular formula is C26H30N4O. The molecule has 2 aromatic heterocycles. The molecule has 1 aromatic carbocycles. The molecule has 0 aliphatic carbocycles. The Morgan fingerprint density at radius 3 is 2.77 bits per heavy atom. The van der Waals surface area contributed by atoms with E-state index in [1.807, 2.05) is 0 Å². The van der Waals surface area contributed by atoms with E-state index in [0.717, 1.165) is 58.3 Å². The third-order valence-corrected chi connectivity index (χ3v) is 6.42. The van der Waals surface area contributed by atoms with Crippen LogP contribution in [0, 0.1) is 13.8 Å². The van der Waals surface area contributed by atoms with Gasteiger partial charge in [0.1, 0.15) is 5.75 Å². The number of aromatic nitrogens is 2. The summed E-state index contributed by atoms with van der Waals surface area (Å²) in [5.74, 6) is 0.831. The van der Waals surface area contributed by atoms with Gasteiger partial charge in [-0.1, -0.05) is 18.2 Å². The highest BCUT2D eigenvalue weighted by molar-refractivity contribution is 5.88. The van der Waals surface area contributed by atoms with Crippen LogP contribution in [0.3, 0.4) is 0 Å². The minimum atomic E-state index is 0.614. The van der Waals surface area contributed by atoms with Gasteiger partial charge in [0.25, 0.3) is 0 Å². The lowest BCUT2D eigenvalue weighted by Gasteiger charge is -2.11. The molecule has 3 N–H and O–H groups in total. The molecule has 0 bridgehead atoms. The highest BCUT2D eigenvalue weighted by atomic mass is 16.5. The number of fused-ring (bicyclic) bond motifs is 1. The third-order valence-electron chi connectivity index (χ3n) is 6.42. The molecule has 1 atom stereocenters. The lowest BCUT2D eigenvalue weighted by Crippen LogP contribution is -2.24. The maximum Gasteiger partial charge on any atom is 0.144 e. The predicted octanol–water partition coefficient (Wildman–Crippen LogP) is 1.92. The van der Waals surface area contributed by atoms with Crippen molar-refractivity contribution in [3.63, 3.8) is 0 Å². The number of methoxy groups -OCH3 is 1. The monoisotopic (exact) mass is 414 g/mol. The fourth-order valence-electron chi connectivity index (χ4n) is 4.84. The van der Waals surface area contributed by atoms with Gasteiger partial charge < -0.3 is 20.0 Å². The number of para-hydroxylation sites is 1. The molecule has 1 fully saturated rings. The molecule has 0 spiro atoms. The first kappa shape index (κ1) is 19.9. The van der Waals surface area contributed by atoms with Crippen LogP contribution in [-0.2, 0) is 0 Å². The topological polar surface area (TPSA) is 65.2 Å². The lowest BCUT2D eigenvalue weighted by atomic mass is 10.0. The Bertz CT molecular complexity index is 1350. The molecule has 0 amide bonds. The van der Waals surface area contributed by atoms with E-state index >= 15 is 0 Å². The fourth-order valence-corrected chi connectivity index (χ4v) is 4.84. The van der Waals surface area contributed by atoms with Crippen LogP contribution in [0.4, 0.5) is 0 Å². The smallest absolute Gasteiger partial charge is 0.144 e. The summed E-state index contributed by atoms with van der Waals surface area (Å²) in [6, 6.07) is 13.3. The summed E-state index contributed by atoms with van der Waals surface area (Å²) < 4.78 is 5.71. The van der Waals surface area contributed by atoms with Crippen molar-refractivity contribution in [1.82, 2.24) is 15.3 Å². The second-order valence-electron chi connectivity index (χ2n) is 8.65. The molecule has 1 saturated heterocycles. The van der Waals surface area contributed by atoms with Crippen molar-refractivity contribution in [3.8, 4) is 5.75 Å². The van der Waals surface area contributed by atoms with Crippen LogP contribution in [0.1, 0.15) is 42.6 Å². The number of hydrogen-bond acceptors (Lipinski definition) is 3. The second-order valence-corrected chi connectivity index (χ2v) is 8.65. The Morgan fingerprint density at radius 2 is 2.03 bits per heavy atom. The summed E-state index contributed by atoms with van der Waals surface area (Å²) in [4.78, 5) is 12.0. The molecular weight excluding hydrogens is 384 g/mol. The normalized spacial score (nSPS) is 20.3. The van der Waals surface area contributed by atoms with Crippen LogP contribution < -0.4 is 31.3 Å². The number of H-pyrrole nitrogens is 2. The van der Waals surface area contributed by atoms with E-state index in [1.165, 1.54) is 29.2 Å². The van der Waals surface area contributed by atoms with Gasteiger partial charge in [0.05, 0.1) is 28.9 Å². The summed E-state index contributed by atoms with van der Waals surface area (Å²) in [6.45, 7) is 5.33. The van der Waals surface area contributed by atoms with Crippen molar-refractivity contribution in [3.05, 3.63) is 74.6 Å². The largest absolute Gasteiger partial charge is 0.494 e. The van der Waals surface area contributed by atoms with Gasteiger partial charge in [-0.2, -0.15) is 0 Å². The van der Waals surface area contributed by atoms with Gasteiger partial charge in [0.2, 0.25) is 0 Å². The van der Waals surface area contributed by atoms with E-state index in [-0.39, 0.29) is 0 Å². The number of aromatic amines is 2. The first-order valence-electron chi connectivity index (χ1n) is 11.2. The molecule has 5 heteroatoms. The van der Waals surface area contributed by atoms with Gasteiger partial charge in [0.15, 0.2) is 0 Å². The van der Waals surface area contributed by atoms with Crippen LogP contribution in [0.15, 0.2) is 41.4 Å². The zero-order valence-electron chi connectivity index (χ0n) is 18.5. The SMILES string of the molecule is COc1cc(=C2N=c3ccccc3=C2CCC2CCCN2)[nH]/c1=C\c1[nH]c(C)cc1C. The van der Waals surface area contributed by atoms with Crippen LogP contribution in [-0.4, -0.2) is 29.7 Å². The van der Waals surface area contributed by atoms with Gasteiger partial charge >= 0.3 is 0 Å². The molecule has 2 aliphatic heterocycles. The first-order valence-corrected chi connectivity index (χ1v) is 11.2. The quantitative estimate of drug-likeness (QED) is 0.597. The average Bonchev–Trinajstić information content (AvgIpc) is 3.53. The molecule has 5 rings (SSSR count). The van der Waals surface area contributed by atoms with Crippen LogP contribution in [0.2, 0.25) is 0 Å². The van der Waals surface area contributed by atoms with Crippen molar-refractivity contribution >= 4 is 17.3 Å². The van der Waals surface area contributed by atoms with E-state index < -0.39 is 0 Å². The van der Waals surface area contributed by atoms with Crippen molar-refractivity contribution in [2.75, 3.05) is 13.7 Å². The minimum absolute atomic E-state index is 0.614. The van der Waals surface area contributed by atoms with Crippen molar-refractivity contribution < 1.29 is 4.74 Å². The van der Waals surface area contributed by atoms with Crippen molar-refractivity contribution in [2.45, 2.75) is 45.6 Å². The van der Waals surface area contributed by atoms with E-state index in [1.54, 1.807) is 7.11 Å². The summed E-state index contributed by atoms with van der Waals surface area (Å²) in [5, 5.41) is 7.90. The predicted molar refractivity (Wildman–Crippen MR) is 125 cm³/mol. The van der Waals surface area contributed by atoms with Gasteiger partial charge in [-0.3, -0.25) is 0 Å². The Labute approximate surface area is 182 Å². The zero-order chi connectivity index (χ0) is 21.4. The maximum absolute atomic E-state index is 5.71. The molecule has 3 aromatic rings. The van der Waals surface area contributed by atoms with Crippen LogP contribution in [0.5, 0.6) is 5.75 Å². The summed E-state index contributed by atoms with van der Waals surface area (Å²) in [5.41, 5.74) is 5.83. The number of rotatable bonds is 5. The molecule has 2 aliphatic rings. The molecule has 1 unspecified atom stereocenters. The second kappa shape index (κ2) is 8.23. The minimum Gasteiger partial charge on any atom is -0.494 e. The third kappa shape index (κ3) is 3.86. The summed E-state index contributed by atoms with van der Waals surface area (Å²) in [6.07, 6.45) is 6.83. The molecule has 0 radical (unpaired) electrons. The van der Waals surface area contributed by atoms with Gasteiger partial charge in [-0.05, 0) is 75.4 Å².